The van der Waals surface area contributed by atoms with E-state index in [1.54, 1.807) is 0 Å². The molecule has 16 heavy (non-hydrogen) atoms. The number of benzene rings is 1. The highest BCUT2D eigenvalue weighted by Gasteiger charge is 2.59. The number of alkyl halides is 2. The molecule has 0 N–H and O–H groups in total. The minimum atomic E-state index is 0.150. The van der Waals surface area contributed by atoms with Crippen LogP contribution in [0.3, 0.4) is 0 Å². The third-order valence-electron chi connectivity index (χ3n) is 4.55. The molecule has 1 aromatic rings. The van der Waals surface area contributed by atoms with Crippen LogP contribution in [0, 0.1) is 11.8 Å². The van der Waals surface area contributed by atoms with Crippen molar-refractivity contribution in [1.29, 1.82) is 0 Å². The zero-order valence-corrected chi connectivity index (χ0v) is 10.2. The van der Waals surface area contributed by atoms with Crippen molar-refractivity contribution in [3.8, 4) is 0 Å². The highest BCUT2D eigenvalue weighted by atomic mass is 35.5. The van der Waals surface area contributed by atoms with Crippen LogP contribution in [-0.4, -0.2) is 10.8 Å². The molecule has 1 aromatic carbocycles. The molecular formula is C14H12Cl2. The van der Waals surface area contributed by atoms with Gasteiger partial charge in [0, 0.05) is 11.8 Å². The van der Waals surface area contributed by atoms with Crippen molar-refractivity contribution in [2.45, 2.75) is 22.6 Å². The van der Waals surface area contributed by atoms with Crippen LogP contribution in [0.1, 0.15) is 23.0 Å². The SMILES string of the molecule is Cl[C@@H]1[C@H](Cl)[C@@H]2[C@H]1[C@H]1C=C[C@H]2c2ccccc21. The Balaban J connectivity index is 1.90. The molecule has 4 aliphatic carbocycles. The van der Waals surface area contributed by atoms with Crippen molar-refractivity contribution in [3.05, 3.63) is 47.5 Å². The molecule has 4 aliphatic rings. The van der Waals surface area contributed by atoms with E-state index in [0.29, 0.717) is 23.7 Å². The fourth-order valence-electron chi connectivity index (χ4n) is 3.81. The first-order chi connectivity index (χ1) is 7.79. The highest BCUT2D eigenvalue weighted by molar-refractivity contribution is 6.31. The summed E-state index contributed by atoms with van der Waals surface area (Å²) in [4.78, 5) is 0. The molecule has 5 rings (SSSR count). The van der Waals surface area contributed by atoms with E-state index in [-0.39, 0.29) is 10.8 Å². The number of halogens is 2. The summed E-state index contributed by atoms with van der Waals surface area (Å²) in [5.41, 5.74) is 2.95. The standard InChI is InChI=1S/C14H12Cl2/c15-13-11-9-5-6-10(12(11)14(13)16)8-4-2-1-3-7(8)9/h1-6,9-14H/t9-,10-,11-,12+,13+,14-/m0/s1. The molecule has 0 spiro atoms. The monoisotopic (exact) mass is 250 g/mol. The summed E-state index contributed by atoms with van der Waals surface area (Å²) in [7, 11) is 0. The Kier molecular flexibility index (Phi) is 1.82. The molecule has 0 aliphatic heterocycles. The highest BCUT2D eigenvalue weighted by Crippen LogP contribution is 2.63. The van der Waals surface area contributed by atoms with E-state index < -0.39 is 0 Å². The molecule has 2 bridgehead atoms. The molecule has 82 valence electrons. The van der Waals surface area contributed by atoms with Gasteiger partial charge in [-0.25, -0.2) is 0 Å². The van der Waals surface area contributed by atoms with Gasteiger partial charge >= 0.3 is 0 Å². The quantitative estimate of drug-likeness (QED) is 0.484. The summed E-state index contributed by atoms with van der Waals surface area (Å²) in [6.07, 6.45) is 4.68. The molecule has 0 saturated heterocycles. The van der Waals surface area contributed by atoms with Crippen LogP contribution in [0.25, 0.3) is 0 Å². The smallest absolute Gasteiger partial charge is 0.0543 e. The van der Waals surface area contributed by atoms with Gasteiger partial charge in [0.25, 0.3) is 0 Å². The number of hydrogen-bond acceptors (Lipinski definition) is 0. The van der Waals surface area contributed by atoms with Crippen LogP contribution in [0.2, 0.25) is 0 Å². The van der Waals surface area contributed by atoms with E-state index in [9.17, 15) is 0 Å². The lowest BCUT2D eigenvalue weighted by atomic mass is 9.51. The summed E-state index contributed by atoms with van der Waals surface area (Å²) >= 11 is 12.7. The molecule has 1 fully saturated rings. The van der Waals surface area contributed by atoms with Crippen LogP contribution in [0.4, 0.5) is 0 Å². The summed E-state index contributed by atoms with van der Waals surface area (Å²) in [6.45, 7) is 0. The van der Waals surface area contributed by atoms with Gasteiger partial charge in [-0.15, -0.1) is 23.2 Å². The number of allylic oxidation sites excluding steroid dienone is 2. The Morgan fingerprint density at radius 3 is 1.62 bits per heavy atom. The first-order valence-electron chi connectivity index (χ1n) is 5.84. The fraction of sp³-hybridized carbons (Fsp3) is 0.429. The lowest BCUT2D eigenvalue weighted by Gasteiger charge is -2.58. The van der Waals surface area contributed by atoms with Crippen LogP contribution in [-0.2, 0) is 0 Å². The van der Waals surface area contributed by atoms with Gasteiger partial charge in [0.2, 0.25) is 0 Å². The zero-order valence-electron chi connectivity index (χ0n) is 8.68. The first kappa shape index (κ1) is 9.56. The van der Waals surface area contributed by atoms with Gasteiger partial charge in [0.05, 0.1) is 10.8 Å². The van der Waals surface area contributed by atoms with Crippen molar-refractivity contribution >= 4 is 23.2 Å². The number of hydrogen-bond donors (Lipinski definition) is 0. The average Bonchev–Trinajstić information content (AvgIpc) is 2.37. The fourth-order valence-corrected chi connectivity index (χ4v) is 4.80. The van der Waals surface area contributed by atoms with E-state index >= 15 is 0 Å². The van der Waals surface area contributed by atoms with Crippen LogP contribution < -0.4 is 0 Å². The van der Waals surface area contributed by atoms with Crippen LogP contribution >= 0.6 is 23.2 Å². The Morgan fingerprint density at radius 2 is 1.19 bits per heavy atom. The third-order valence-corrected chi connectivity index (χ3v) is 5.81. The normalized spacial score (nSPS) is 47.1. The predicted molar refractivity (Wildman–Crippen MR) is 67.3 cm³/mol. The average molecular weight is 251 g/mol. The topological polar surface area (TPSA) is 0 Å². The van der Waals surface area contributed by atoms with Gasteiger partial charge in [-0.05, 0) is 23.0 Å². The van der Waals surface area contributed by atoms with Gasteiger partial charge in [0.1, 0.15) is 0 Å². The van der Waals surface area contributed by atoms with Gasteiger partial charge in [0.15, 0.2) is 0 Å². The second-order valence-electron chi connectivity index (χ2n) is 5.11. The predicted octanol–water partition coefficient (Wildman–Crippen LogP) is 3.90. The molecule has 0 amide bonds. The molecule has 2 heteroatoms. The van der Waals surface area contributed by atoms with E-state index in [1.165, 1.54) is 11.1 Å². The van der Waals surface area contributed by atoms with Crippen LogP contribution in [0.5, 0.6) is 0 Å². The summed E-state index contributed by atoms with van der Waals surface area (Å²) < 4.78 is 0. The Bertz CT molecular complexity index is 436. The Labute approximate surface area is 105 Å². The van der Waals surface area contributed by atoms with Crippen LogP contribution in [0.15, 0.2) is 36.4 Å². The maximum absolute atomic E-state index is 6.37. The molecule has 0 unspecified atom stereocenters. The Hall–Kier alpha value is -0.460. The van der Waals surface area contributed by atoms with E-state index in [4.69, 9.17) is 23.2 Å². The molecule has 6 atom stereocenters. The Morgan fingerprint density at radius 1 is 0.750 bits per heavy atom. The molecule has 0 aromatic heterocycles. The second-order valence-corrected chi connectivity index (χ2v) is 6.12. The third kappa shape index (κ3) is 0.942. The zero-order chi connectivity index (χ0) is 10.9. The largest absolute Gasteiger partial charge is 0.121 e. The molecule has 0 radical (unpaired) electrons. The molecule has 1 saturated carbocycles. The van der Waals surface area contributed by atoms with E-state index in [0.717, 1.165) is 0 Å². The van der Waals surface area contributed by atoms with Gasteiger partial charge in [-0.2, -0.15) is 0 Å². The van der Waals surface area contributed by atoms with Gasteiger partial charge < -0.3 is 0 Å². The molecule has 0 heterocycles. The number of rotatable bonds is 0. The summed E-state index contributed by atoms with van der Waals surface area (Å²) in [6, 6.07) is 8.75. The summed E-state index contributed by atoms with van der Waals surface area (Å²) in [5.74, 6) is 2.13. The van der Waals surface area contributed by atoms with Gasteiger partial charge in [-0.3, -0.25) is 0 Å². The second kappa shape index (κ2) is 3.05. The van der Waals surface area contributed by atoms with Crippen molar-refractivity contribution in [3.63, 3.8) is 0 Å². The van der Waals surface area contributed by atoms with E-state index in [2.05, 4.69) is 36.4 Å². The van der Waals surface area contributed by atoms with E-state index in [1.807, 2.05) is 0 Å². The molecule has 0 nitrogen and oxygen atoms in total. The minimum Gasteiger partial charge on any atom is -0.121 e. The minimum absolute atomic E-state index is 0.150. The summed E-state index contributed by atoms with van der Waals surface area (Å²) in [5, 5.41) is 0.301. The van der Waals surface area contributed by atoms with Crippen molar-refractivity contribution in [2.24, 2.45) is 11.8 Å². The molecular weight excluding hydrogens is 239 g/mol. The van der Waals surface area contributed by atoms with Crippen molar-refractivity contribution in [2.75, 3.05) is 0 Å². The lowest BCUT2D eigenvalue weighted by Crippen LogP contribution is -2.57. The van der Waals surface area contributed by atoms with Gasteiger partial charge in [-0.1, -0.05) is 36.4 Å². The maximum atomic E-state index is 6.37. The van der Waals surface area contributed by atoms with Crippen molar-refractivity contribution < 1.29 is 0 Å². The maximum Gasteiger partial charge on any atom is 0.0543 e. The lowest BCUT2D eigenvalue weighted by molar-refractivity contribution is 0.129. The van der Waals surface area contributed by atoms with Crippen molar-refractivity contribution in [1.82, 2.24) is 0 Å². The first-order valence-corrected chi connectivity index (χ1v) is 6.71.